The van der Waals surface area contributed by atoms with Crippen molar-refractivity contribution in [3.63, 3.8) is 0 Å². The molecular formula is C12H16ClNO4S2. The van der Waals surface area contributed by atoms with Gasteiger partial charge in [-0.25, -0.2) is 8.42 Å². The summed E-state index contributed by atoms with van der Waals surface area (Å²) in [5.74, 6) is -0.643. The van der Waals surface area contributed by atoms with Crippen molar-refractivity contribution in [2.75, 3.05) is 12.0 Å². The molecule has 1 rings (SSSR count). The lowest BCUT2D eigenvalue weighted by Crippen LogP contribution is -2.41. The van der Waals surface area contributed by atoms with Gasteiger partial charge >= 0.3 is 5.97 Å². The van der Waals surface area contributed by atoms with E-state index < -0.39 is 22.0 Å². The number of nitrogens with one attached hydrogen (secondary N) is 1. The fraction of sp³-hybridized carbons (Fsp3) is 0.417. The van der Waals surface area contributed by atoms with E-state index in [-0.39, 0.29) is 16.3 Å². The molecule has 0 aliphatic heterocycles. The van der Waals surface area contributed by atoms with E-state index in [1.165, 1.54) is 17.8 Å². The molecular weight excluding hydrogens is 322 g/mol. The molecule has 1 aromatic rings. The van der Waals surface area contributed by atoms with E-state index in [4.69, 9.17) is 16.7 Å². The second-order valence-electron chi connectivity index (χ2n) is 4.20. The Bertz CT molecular complexity index is 589. The molecule has 2 N–H and O–H groups in total. The van der Waals surface area contributed by atoms with Gasteiger partial charge in [-0.15, -0.1) is 0 Å². The van der Waals surface area contributed by atoms with Crippen molar-refractivity contribution in [3.8, 4) is 0 Å². The molecule has 0 aliphatic carbocycles. The highest BCUT2D eigenvalue weighted by Gasteiger charge is 2.26. The van der Waals surface area contributed by atoms with Crippen molar-refractivity contribution in [2.24, 2.45) is 0 Å². The predicted octanol–water partition coefficient (Wildman–Crippen LogP) is 2.13. The Kier molecular flexibility index (Phi) is 6.32. The number of benzene rings is 1. The Balaban J connectivity index is 3.03. The summed E-state index contributed by atoms with van der Waals surface area (Å²) in [5.41, 5.74) is 0.510. The van der Waals surface area contributed by atoms with Gasteiger partial charge in [0.05, 0.1) is 4.90 Å². The minimum absolute atomic E-state index is 0.000372. The van der Waals surface area contributed by atoms with Crippen LogP contribution in [0.5, 0.6) is 0 Å². The number of hydrogen-bond acceptors (Lipinski definition) is 4. The van der Waals surface area contributed by atoms with Crippen molar-refractivity contribution in [1.29, 1.82) is 0 Å². The Morgan fingerprint density at radius 3 is 2.70 bits per heavy atom. The summed E-state index contributed by atoms with van der Waals surface area (Å²) >= 11 is 7.25. The van der Waals surface area contributed by atoms with E-state index in [0.29, 0.717) is 11.3 Å². The number of hydrogen-bond donors (Lipinski definition) is 2. The van der Waals surface area contributed by atoms with Gasteiger partial charge < -0.3 is 5.11 Å². The molecule has 0 spiro atoms. The SMILES string of the molecule is CSCCC(NS(=O)(=O)c1cc(Cl)ccc1C)C(=O)O. The van der Waals surface area contributed by atoms with Gasteiger partial charge in [0.1, 0.15) is 6.04 Å². The normalized spacial score (nSPS) is 13.2. The molecule has 1 unspecified atom stereocenters. The molecule has 0 saturated heterocycles. The fourth-order valence-electron chi connectivity index (χ4n) is 1.58. The maximum Gasteiger partial charge on any atom is 0.321 e. The summed E-state index contributed by atoms with van der Waals surface area (Å²) in [5, 5.41) is 9.36. The highest BCUT2D eigenvalue weighted by Crippen LogP contribution is 2.20. The van der Waals surface area contributed by atoms with Crippen LogP contribution in [0, 0.1) is 6.92 Å². The van der Waals surface area contributed by atoms with Crippen molar-refractivity contribution in [2.45, 2.75) is 24.3 Å². The van der Waals surface area contributed by atoms with Crippen molar-refractivity contribution >= 4 is 39.4 Å². The highest BCUT2D eigenvalue weighted by atomic mass is 35.5. The fourth-order valence-corrected chi connectivity index (χ4v) is 3.79. The number of carboxylic acid groups (broad SMARTS) is 1. The number of aryl methyl sites for hydroxylation is 1. The molecule has 0 fully saturated rings. The van der Waals surface area contributed by atoms with Gasteiger partial charge in [0.15, 0.2) is 0 Å². The van der Waals surface area contributed by atoms with Crippen LogP contribution in [-0.2, 0) is 14.8 Å². The Morgan fingerprint density at radius 2 is 2.15 bits per heavy atom. The number of halogens is 1. The molecule has 0 aliphatic rings. The number of aliphatic carboxylic acids is 1. The molecule has 0 heterocycles. The van der Waals surface area contributed by atoms with Gasteiger partial charge in [0.25, 0.3) is 0 Å². The zero-order chi connectivity index (χ0) is 15.3. The Morgan fingerprint density at radius 1 is 1.50 bits per heavy atom. The molecule has 0 bridgehead atoms. The smallest absolute Gasteiger partial charge is 0.321 e. The van der Waals surface area contributed by atoms with Crippen LogP contribution in [0.15, 0.2) is 23.1 Å². The first-order valence-corrected chi connectivity index (χ1v) is 9.03. The summed E-state index contributed by atoms with van der Waals surface area (Å²) in [4.78, 5) is 11.1. The van der Waals surface area contributed by atoms with Gasteiger partial charge in [-0.2, -0.15) is 16.5 Å². The minimum atomic E-state index is -3.91. The van der Waals surface area contributed by atoms with E-state index >= 15 is 0 Å². The molecule has 0 aromatic heterocycles. The zero-order valence-corrected chi connectivity index (χ0v) is 13.5. The van der Waals surface area contributed by atoms with Crippen molar-refractivity contribution in [1.82, 2.24) is 4.72 Å². The number of carbonyl (C=O) groups is 1. The van der Waals surface area contributed by atoms with Crippen LogP contribution in [-0.4, -0.2) is 37.5 Å². The van der Waals surface area contributed by atoms with Gasteiger partial charge in [0, 0.05) is 5.02 Å². The summed E-state index contributed by atoms with van der Waals surface area (Å²) in [6, 6.07) is 3.32. The molecule has 1 atom stereocenters. The van der Waals surface area contributed by atoms with Crippen molar-refractivity contribution in [3.05, 3.63) is 28.8 Å². The third kappa shape index (κ3) is 4.66. The zero-order valence-electron chi connectivity index (χ0n) is 11.1. The first kappa shape index (κ1) is 17.3. The summed E-state index contributed by atoms with van der Waals surface area (Å²) in [7, 11) is -3.91. The lowest BCUT2D eigenvalue weighted by atomic mass is 10.2. The molecule has 112 valence electrons. The van der Waals surface area contributed by atoms with Gasteiger partial charge in [-0.3, -0.25) is 4.79 Å². The van der Waals surface area contributed by atoms with Crippen LogP contribution >= 0.6 is 23.4 Å². The largest absolute Gasteiger partial charge is 0.480 e. The second kappa shape index (κ2) is 7.31. The number of rotatable bonds is 7. The first-order valence-electron chi connectivity index (χ1n) is 5.78. The monoisotopic (exact) mass is 337 g/mol. The van der Waals surface area contributed by atoms with E-state index in [0.717, 1.165) is 0 Å². The summed E-state index contributed by atoms with van der Waals surface area (Å²) in [6.45, 7) is 1.63. The van der Waals surface area contributed by atoms with E-state index in [1.54, 1.807) is 19.1 Å². The third-order valence-corrected chi connectivity index (χ3v) is 5.14. The van der Waals surface area contributed by atoms with Crippen molar-refractivity contribution < 1.29 is 18.3 Å². The maximum atomic E-state index is 12.2. The number of thioether (sulfide) groups is 1. The average molecular weight is 338 g/mol. The molecule has 0 amide bonds. The quantitative estimate of drug-likeness (QED) is 0.796. The molecule has 1 aromatic carbocycles. The highest BCUT2D eigenvalue weighted by molar-refractivity contribution is 7.98. The molecule has 0 saturated carbocycles. The molecule has 5 nitrogen and oxygen atoms in total. The van der Waals surface area contributed by atoms with Crippen LogP contribution in [0.4, 0.5) is 0 Å². The van der Waals surface area contributed by atoms with Crippen LogP contribution in [0.2, 0.25) is 5.02 Å². The Labute approximate surface area is 127 Å². The number of carboxylic acids is 1. The minimum Gasteiger partial charge on any atom is -0.480 e. The summed E-state index contributed by atoms with van der Waals surface area (Å²) < 4.78 is 26.7. The molecule has 8 heteroatoms. The van der Waals surface area contributed by atoms with E-state index in [9.17, 15) is 13.2 Å². The van der Waals surface area contributed by atoms with Crippen LogP contribution in [0.3, 0.4) is 0 Å². The maximum absolute atomic E-state index is 12.2. The van der Waals surface area contributed by atoms with Gasteiger partial charge in [0.2, 0.25) is 10.0 Å². The van der Waals surface area contributed by atoms with E-state index in [2.05, 4.69) is 4.72 Å². The van der Waals surface area contributed by atoms with Crippen LogP contribution in [0.25, 0.3) is 0 Å². The van der Waals surface area contributed by atoms with E-state index in [1.807, 2.05) is 6.26 Å². The first-order chi connectivity index (χ1) is 9.27. The summed E-state index contributed by atoms with van der Waals surface area (Å²) in [6.07, 6.45) is 2.05. The standard InChI is InChI=1S/C12H16ClNO4S2/c1-8-3-4-9(13)7-11(8)20(17,18)14-10(12(15)16)5-6-19-2/h3-4,7,10,14H,5-6H2,1-2H3,(H,15,16). The average Bonchev–Trinajstić information content (AvgIpc) is 2.36. The Hall–Kier alpha value is -0.760. The van der Waals surface area contributed by atoms with Gasteiger partial charge in [-0.05, 0) is 43.0 Å². The van der Waals surface area contributed by atoms with Crippen LogP contribution < -0.4 is 4.72 Å². The topological polar surface area (TPSA) is 83.5 Å². The second-order valence-corrected chi connectivity index (χ2v) is 7.31. The lowest BCUT2D eigenvalue weighted by Gasteiger charge is -2.15. The predicted molar refractivity (Wildman–Crippen MR) is 80.9 cm³/mol. The third-order valence-electron chi connectivity index (χ3n) is 2.65. The molecule has 0 radical (unpaired) electrons. The lowest BCUT2D eigenvalue weighted by molar-refractivity contribution is -0.139. The number of sulfonamides is 1. The van der Waals surface area contributed by atoms with Gasteiger partial charge in [-0.1, -0.05) is 17.7 Å². The van der Waals surface area contributed by atoms with Crippen LogP contribution in [0.1, 0.15) is 12.0 Å². The molecule has 20 heavy (non-hydrogen) atoms.